The zero-order valence-electron chi connectivity index (χ0n) is 12.4. The molecule has 2 N–H and O–H groups in total. The minimum Gasteiger partial charge on any atom is -0.481 e. The fourth-order valence-electron chi connectivity index (χ4n) is 2.11. The Bertz CT molecular complexity index is 518. The van der Waals surface area contributed by atoms with Crippen LogP contribution in [0, 0.1) is 11.8 Å². The number of aliphatic carboxylic acids is 1. The summed E-state index contributed by atoms with van der Waals surface area (Å²) in [5, 5.41) is 12.1. The molecule has 0 aliphatic heterocycles. The van der Waals surface area contributed by atoms with Gasteiger partial charge in [0, 0.05) is 17.6 Å². The summed E-state index contributed by atoms with van der Waals surface area (Å²) in [5.41, 5.74) is -0.270. The second-order valence-corrected chi connectivity index (χ2v) is 6.45. The predicted molar refractivity (Wildman–Crippen MR) is 81.4 cm³/mol. The quantitative estimate of drug-likeness (QED) is 0.739. The first-order valence-electron chi connectivity index (χ1n) is 6.90. The van der Waals surface area contributed by atoms with Crippen LogP contribution < -0.4 is 5.32 Å². The van der Waals surface area contributed by atoms with Gasteiger partial charge >= 0.3 is 12.1 Å². The molecule has 7 heteroatoms. The molecule has 0 bridgehead atoms. The van der Waals surface area contributed by atoms with Crippen LogP contribution in [0.2, 0.25) is 0 Å². The Morgan fingerprint density at radius 3 is 2.50 bits per heavy atom. The molecular weight excluding hydrogens is 363 g/mol. The van der Waals surface area contributed by atoms with Gasteiger partial charge in [-0.25, -0.2) is 0 Å². The van der Waals surface area contributed by atoms with E-state index in [9.17, 15) is 18.0 Å². The van der Waals surface area contributed by atoms with E-state index in [1.807, 2.05) is 13.8 Å². The Balaban J connectivity index is 2.69. The summed E-state index contributed by atoms with van der Waals surface area (Å²) < 4.78 is 38.6. The number of halogens is 4. The summed E-state index contributed by atoms with van der Waals surface area (Å²) in [7, 11) is 0. The first kappa shape index (κ1) is 19.0. The topological polar surface area (TPSA) is 49.3 Å². The molecule has 0 aliphatic carbocycles. The molecule has 0 saturated heterocycles. The molecule has 0 amide bonds. The molecule has 124 valence electrons. The molecule has 1 aromatic rings. The van der Waals surface area contributed by atoms with Crippen molar-refractivity contribution in [3.05, 3.63) is 33.8 Å². The maximum absolute atomic E-state index is 12.7. The molecule has 0 fully saturated rings. The van der Waals surface area contributed by atoms with E-state index in [4.69, 9.17) is 5.11 Å². The lowest BCUT2D eigenvalue weighted by atomic mass is 9.97. The number of rotatable bonds is 7. The number of benzene rings is 1. The van der Waals surface area contributed by atoms with Crippen LogP contribution in [-0.4, -0.2) is 17.6 Å². The Hall–Kier alpha value is -1.08. The summed E-state index contributed by atoms with van der Waals surface area (Å²) in [6.07, 6.45) is -3.87. The molecule has 1 atom stereocenters. The standard InChI is InChI=1S/C15H19BrF3NO2/c1-9(2)5-11(14(21)22)8-20-7-10-6-12(15(17,18)19)3-4-13(10)16/h3-4,6,9,11,20H,5,7-8H2,1-2H3,(H,21,22). The number of hydrogen-bond acceptors (Lipinski definition) is 2. The maximum atomic E-state index is 12.7. The largest absolute Gasteiger partial charge is 0.481 e. The van der Waals surface area contributed by atoms with E-state index in [0.717, 1.165) is 12.1 Å². The van der Waals surface area contributed by atoms with E-state index in [1.54, 1.807) is 0 Å². The van der Waals surface area contributed by atoms with Gasteiger partial charge in [-0.3, -0.25) is 4.79 Å². The summed E-state index contributed by atoms with van der Waals surface area (Å²) in [4.78, 5) is 11.1. The third kappa shape index (κ3) is 5.96. The average molecular weight is 382 g/mol. The fourth-order valence-corrected chi connectivity index (χ4v) is 2.49. The molecular formula is C15H19BrF3NO2. The van der Waals surface area contributed by atoms with Crippen LogP contribution in [0.25, 0.3) is 0 Å². The molecule has 1 unspecified atom stereocenters. The van der Waals surface area contributed by atoms with Crippen LogP contribution in [0.5, 0.6) is 0 Å². The summed E-state index contributed by atoms with van der Waals surface area (Å²) in [6, 6.07) is 3.42. The van der Waals surface area contributed by atoms with Crippen molar-refractivity contribution in [1.82, 2.24) is 5.32 Å². The normalized spacial score (nSPS) is 13.4. The van der Waals surface area contributed by atoms with Crippen molar-refractivity contribution in [3.8, 4) is 0 Å². The zero-order chi connectivity index (χ0) is 16.9. The van der Waals surface area contributed by atoms with Crippen LogP contribution in [0.3, 0.4) is 0 Å². The Morgan fingerprint density at radius 2 is 2.00 bits per heavy atom. The highest BCUT2D eigenvalue weighted by molar-refractivity contribution is 9.10. The third-order valence-electron chi connectivity index (χ3n) is 3.18. The van der Waals surface area contributed by atoms with E-state index < -0.39 is 23.6 Å². The van der Waals surface area contributed by atoms with E-state index in [0.29, 0.717) is 16.5 Å². The highest BCUT2D eigenvalue weighted by Crippen LogP contribution is 2.31. The number of carboxylic acids is 1. The van der Waals surface area contributed by atoms with Crippen molar-refractivity contribution < 1.29 is 23.1 Å². The van der Waals surface area contributed by atoms with Gasteiger partial charge in [-0.2, -0.15) is 13.2 Å². The average Bonchev–Trinajstić information content (AvgIpc) is 2.37. The van der Waals surface area contributed by atoms with Crippen molar-refractivity contribution in [2.75, 3.05) is 6.54 Å². The van der Waals surface area contributed by atoms with Gasteiger partial charge in [0.05, 0.1) is 11.5 Å². The first-order valence-corrected chi connectivity index (χ1v) is 7.69. The predicted octanol–water partition coefficient (Wildman–Crippen LogP) is 4.30. The van der Waals surface area contributed by atoms with Crippen molar-refractivity contribution in [2.24, 2.45) is 11.8 Å². The van der Waals surface area contributed by atoms with Gasteiger partial charge in [-0.05, 0) is 36.1 Å². The van der Waals surface area contributed by atoms with Gasteiger partial charge in [0.25, 0.3) is 0 Å². The van der Waals surface area contributed by atoms with Crippen LogP contribution in [0.4, 0.5) is 13.2 Å². The minimum atomic E-state index is -4.39. The Labute approximate surface area is 136 Å². The molecule has 0 aliphatic rings. The van der Waals surface area contributed by atoms with Crippen LogP contribution >= 0.6 is 15.9 Å². The lowest BCUT2D eigenvalue weighted by molar-refractivity contribution is -0.142. The van der Waals surface area contributed by atoms with E-state index in [2.05, 4.69) is 21.2 Å². The van der Waals surface area contributed by atoms with Gasteiger partial charge in [-0.15, -0.1) is 0 Å². The lowest BCUT2D eigenvalue weighted by Gasteiger charge is -2.16. The van der Waals surface area contributed by atoms with Gasteiger partial charge in [-0.1, -0.05) is 29.8 Å². The number of nitrogens with one attached hydrogen (secondary N) is 1. The lowest BCUT2D eigenvalue weighted by Crippen LogP contribution is -2.29. The van der Waals surface area contributed by atoms with Crippen LogP contribution in [-0.2, 0) is 17.5 Å². The molecule has 22 heavy (non-hydrogen) atoms. The van der Waals surface area contributed by atoms with Crippen LogP contribution in [0.15, 0.2) is 22.7 Å². The SMILES string of the molecule is CC(C)CC(CNCc1cc(C(F)(F)F)ccc1Br)C(=O)O. The summed E-state index contributed by atoms with van der Waals surface area (Å²) in [6.45, 7) is 4.25. The van der Waals surface area contributed by atoms with E-state index >= 15 is 0 Å². The van der Waals surface area contributed by atoms with Crippen molar-refractivity contribution in [3.63, 3.8) is 0 Å². The number of carboxylic acid groups (broad SMARTS) is 1. The molecule has 0 aromatic heterocycles. The van der Waals surface area contributed by atoms with Gasteiger partial charge in [0.1, 0.15) is 0 Å². The van der Waals surface area contributed by atoms with Gasteiger partial charge in [0.15, 0.2) is 0 Å². The molecule has 0 spiro atoms. The summed E-state index contributed by atoms with van der Waals surface area (Å²) >= 11 is 3.21. The van der Waals surface area contributed by atoms with Gasteiger partial charge in [0.2, 0.25) is 0 Å². The Morgan fingerprint density at radius 1 is 1.36 bits per heavy atom. The van der Waals surface area contributed by atoms with Gasteiger partial charge < -0.3 is 10.4 Å². The third-order valence-corrected chi connectivity index (χ3v) is 3.96. The minimum absolute atomic E-state index is 0.173. The molecule has 1 rings (SSSR count). The molecule has 0 saturated carbocycles. The monoisotopic (exact) mass is 381 g/mol. The zero-order valence-corrected chi connectivity index (χ0v) is 14.0. The first-order chi connectivity index (χ1) is 10.1. The second kappa shape index (κ2) is 7.97. The smallest absolute Gasteiger partial charge is 0.416 e. The van der Waals surface area contributed by atoms with Crippen molar-refractivity contribution in [2.45, 2.75) is 33.0 Å². The van der Waals surface area contributed by atoms with Crippen molar-refractivity contribution >= 4 is 21.9 Å². The van der Waals surface area contributed by atoms with E-state index in [-0.39, 0.29) is 19.0 Å². The summed E-state index contributed by atoms with van der Waals surface area (Å²) in [5.74, 6) is -1.21. The highest BCUT2D eigenvalue weighted by Gasteiger charge is 2.30. The maximum Gasteiger partial charge on any atom is 0.416 e. The van der Waals surface area contributed by atoms with Crippen LogP contribution in [0.1, 0.15) is 31.4 Å². The molecule has 0 radical (unpaired) electrons. The van der Waals surface area contributed by atoms with Crippen molar-refractivity contribution in [1.29, 1.82) is 0 Å². The highest BCUT2D eigenvalue weighted by atomic mass is 79.9. The fraction of sp³-hybridized carbons (Fsp3) is 0.533. The number of alkyl halides is 3. The van der Waals surface area contributed by atoms with E-state index in [1.165, 1.54) is 6.07 Å². The molecule has 0 heterocycles. The number of hydrogen-bond donors (Lipinski definition) is 2. The number of carbonyl (C=O) groups is 1. The molecule has 3 nitrogen and oxygen atoms in total. The Kier molecular flexibility index (Phi) is 6.87. The molecule has 1 aromatic carbocycles. The second-order valence-electron chi connectivity index (χ2n) is 5.60.